The van der Waals surface area contributed by atoms with Crippen molar-refractivity contribution in [1.82, 2.24) is 5.32 Å². The van der Waals surface area contributed by atoms with Crippen LogP contribution in [0.3, 0.4) is 0 Å². The molecule has 1 saturated heterocycles. The van der Waals surface area contributed by atoms with E-state index in [4.69, 9.17) is 4.74 Å². The number of ether oxygens (including phenoxy) is 1. The molecule has 30 heavy (non-hydrogen) atoms. The number of piperidine rings is 1. The molecule has 5 heteroatoms. The molecule has 0 unspecified atom stereocenters. The third-order valence-corrected chi connectivity index (χ3v) is 5.53. The van der Waals surface area contributed by atoms with E-state index in [0.717, 1.165) is 37.1 Å². The Balaban J connectivity index is 1.70. The molecule has 0 bridgehead atoms. The zero-order valence-corrected chi connectivity index (χ0v) is 16.6. The van der Waals surface area contributed by atoms with Gasteiger partial charge in [-0.05, 0) is 66.7 Å². The highest BCUT2D eigenvalue weighted by Gasteiger charge is 2.32. The minimum atomic E-state index is -4.39. The van der Waals surface area contributed by atoms with Gasteiger partial charge < -0.3 is 10.1 Å². The Hall–Kier alpha value is -2.79. The van der Waals surface area contributed by atoms with Gasteiger partial charge in [0.1, 0.15) is 12.4 Å². The van der Waals surface area contributed by atoms with Gasteiger partial charge in [-0.15, -0.1) is 0 Å². The summed E-state index contributed by atoms with van der Waals surface area (Å²) in [6.45, 7) is 2.01. The van der Waals surface area contributed by atoms with E-state index in [1.165, 1.54) is 12.1 Å². The largest absolute Gasteiger partial charge is 0.488 e. The van der Waals surface area contributed by atoms with Crippen LogP contribution in [0.25, 0.3) is 11.1 Å². The van der Waals surface area contributed by atoms with E-state index < -0.39 is 11.7 Å². The SMILES string of the molecule is FC(F)(F)c1cc(-c2ccccc2OCc2ccccc2)cc(C2CCNCC2)c1. The molecule has 3 aromatic rings. The summed E-state index contributed by atoms with van der Waals surface area (Å²) in [4.78, 5) is 0. The minimum absolute atomic E-state index is 0.129. The lowest BCUT2D eigenvalue weighted by molar-refractivity contribution is -0.137. The third-order valence-electron chi connectivity index (χ3n) is 5.53. The standard InChI is InChI=1S/C25H24F3NO/c26-25(27,28)22-15-20(19-10-12-29-13-11-19)14-21(16-22)23-8-4-5-9-24(23)30-17-18-6-2-1-3-7-18/h1-9,14-16,19,29H,10-13,17H2. The number of benzene rings is 3. The minimum Gasteiger partial charge on any atom is -0.488 e. The Labute approximate surface area is 174 Å². The predicted molar refractivity (Wildman–Crippen MR) is 112 cm³/mol. The molecule has 0 aromatic heterocycles. The molecule has 0 saturated carbocycles. The third kappa shape index (κ3) is 4.85. The number of para-hydroxylation sites is 1. The number of hydrogen-bond acceptors (Lipinski definition) is 2. The van der Waals surface area contributed by atoms with E-state index in [1.54, 1.807) is 0 Å². The number of halogens is 3. The second-order valence-corrected chi connectivity index (χ2v) is 7.64. The van der Waals surface area contributed by atoms with Crippen molar-refractivity contribution in [3.8, 4) is 16.9 Å². The summed E-state index contributed by atoms with van der Waals surface area (Å²) in [7, 11) is 0. The summed E-state index contributed by atoms with van der Waals surface area (Å²) in [6, 6.07) is 21.5. The maximum atomic E-state index is 13.7. The molecule has 1 aliphatic heterocycles. The van der Waals surface area contributed by atoms with Gasteiger partial charge in [0.25, 0.3) is 0 Å². The highest BCUT2D eigenvalue weighted by molar-refractivity contribution is 5.72. The maximum absolute atomic E-state index is 13.7. The Morgan fingerprint density at radius 1 is 0.867 bits per heavy atom. The van der Waals surface area contributed by atoms with Crippen molar-refractivity contribution in [1.29, 1.82) is 0 Å². The van der Waals surface area contributed by atoms with Crippen molar-refractivity contribution in [3.63, 3.8) is 0 Å². The van der Waals surface area contributed by atoms with Crippen molar-refractivity contribution in [2.45, 2.75) is 31.5 Å². The first-order valence-corrected chi connectivity index (χ1v) is 10.2. The van der Waals surface area contributed by atoms with E-state index in [0.29, 0.717) is 23.5 Å². The summed E-state index contributed by atoms with van der Waals surface area (Å²) in [6.07, 6.45) is -2.71. The van der Waals surface area contributed by atoms with Crippen LogP contribution in [-0.4, -0.2) is 13.1 Å². The zero-order valence-electron chi connectivity index (χ0n) is 16.6. The van der Waals surface area contributed by atoms with Crippen molar-refractivity contribution < 1.29 is 17.9 Å². The van der Waals surface area contributed by atoms with Gasteiger partial charge >= 0.3 is 6.18 Å². The summed E-state index contributed by atoms with van der Waals surface area (Å²) in [5.41, 5.74) is 2.37. The van der Waals surface area contributed by atoms with Crippen LogP contribution in [-0.2, 0) is 12.8 Å². The highest BCUT2D eigenvalue weighted by Crippen LogP contribution is 2.39. The normalized spacial score (nSPS) is 15.2. The van der Waals surface area contributed by atoms with E-state index in [2.05, 4.69) is 5.32 Å². The number of rotatable bonds is 5. The molecular weight excluding hydrogens is 387 g/mol. The van der Waals surface area contributed by atoms with Gasteiger partial charge in [-0.1, -0.05) is 54.6 Å². The summed E-state index contributed by atoms with van der Waals surface area (Å²) < 4.78 is 47.0. The van der Waals surface area contributed by atoms with Crippen LogP contribution < -0.4 is 10.1 Å². The second kappa shape index (κ2) is 8.92. The molecule has 0 radical (unpaired) electrons. The average Bonchev–Trinajstić information content (AvgIpc) is 2.78. The fraction of sp³-hybridized carbons (Fsp3) is 0.280. The number of hydrogen-bond donors (Lipinski definition) is 1. The van der Waals surface area contributed by atoms with E-state index in [1.807, 2.05) is 60.7 Å². The molecule has 3 aromatic carbocycles. The van der Waals surface area contributed by atoms with Crippen LogP contribution in [0.4, 0.5) is 13.2 Å². The van der Waals surface area contributed by atoms with Crippen LogP contribution in [0.5, 0.6) is 5.75 Å². The lowest BCUT2D eigenvalue weighted by Crippen LogP contribution is -2.26. The topological polar surface area (TPSA) is 21.3 Å². The molecular formula is C25H24F3NO. The molecule has 0 amide bonds. The molecule has 1 aliphatic rings. The fourth-order valence-electron chi connectivity index (χ4n) is 3.93. The van der Waals surface area contributed by atoms with Crippen LogP contribution in [0, 0.1) is 0 Å². The maximum Gasteiger partial charge on any atom is 0.416 e. The van der Waals surface area contributed by atoms with Crippen molar-refractivity contribution >= 4 is 0 Å². The van der Waals surface area contributed by atoms with Crippen LogP contribution >= 0.6 is 0 Å². The first-order chi connectivity index (χ1) is 14.5. The van der Waals surface area contributed by atoms with E-state index in [9.17, 15) is 13.2 Å². The molecule has 4 rings (SSSR count). The van der Waals surface area contributed by atoms with Crippen molar-refractivity contribution in [2.75, 3.05) is 13.1 Å². The highest BCUT2D eigenvalue weighted by atomic mass is 19.4. The van der Waals surface area contributed by atoms with Gasteiger partial charge in [-0.25, -0.2) is 0 Å². The first kappa shape index (κ1) is 20.5. The molecule has 1 heterocycles. The Morgan fingerprint density at radius 3 is 2.30 bits per heavy atom. The molecule has 2 nitrogen and oxygen atoms in total. The van der Waals surface area contributed by atoms with Gasteiger partial charge in [-0.3, -0.25) is 0 Å². The summed E-state index contributed by atoms with van der Waals surface area (Å²) in [5.74, 6) is 0.710. The molecule has 1 fully saturated rings. The molecule has 156 valence electrons. The Morgan fingerprint density at radius 2 is 1.57 bits per heavy atom. The van der Waals surface area contributed by atoms with E-state index >= 15 is 0 Å². The monoisotopic (exact) mass is 411 g/mol. The van der Waals surface area contributed by atoms with Gasteiger partial charge in [0.05, 0.1) is 5.56 Å². The van der Waals surface area contributed by atoms with Crippen molar-refractivity contribution in [2.24, 2.45) is 0 Å². The lowest BCUT2D eigenvalue weighted by atomic mass is 9.87. The van der Waals surface area contributed by atoms with Gasteiger partial charge in [-0.2, -0.15) is 13.2 Å². The smallest absolute Gasteiger partial charge is 0.416 e. The number of alkyl halides is 3. The van der Waals surface area contributed by atoms with Crippen molar-refractivity contribution in [3.05, 3.63) is 89.5 Å². The summed E-state index contributed by atoms with van der Waals surface area (Å²) >= 11 is 0. The molecule has 0 atom stereocenters. The Bertz CT molecular complexity index is 979. The average molecular weight is 411 g/mol. The fourth-order valence-corrected chi connectivity index (χ4v) is 3.93. The second-order valence-electron chi connectivity index (χ2n) is 7.64. The molecule has 0 spiro atoms. The quantitative estimate of drug-likeness (QED) is 0.523. The Kier molecular flexibility index (Phi) is 6.09. The van der Waals surface area contributed by atoms with Crippen LogP contribution in [0.15, 0.2) is 72.8 Å². The van der Waals surface area contributed by atoms with Crippen LogP contribution in [0.1, 0.15) is 35.4 Å². The molecule has 0 aliphatic carbocycles. The zero-order chi connectivity index (χ0) is 21.0. The lowest BCUT2D eigenvalue weighted by Gasteiger charge is -2.25. The number of nitrogens with one attached hydrogen (secondary N) is 1. The van der Waals surface area contributed by atoms with E-state index in [-0.39, 0.29) is 5.92 Å². The van der Waals surface area contributed by atoms with Gasteiger partial charge in [0, 0.05) is 5.56 Å². The first-order valence-electron chi connectivity index (χ1n) is 10.2. The predicted octanol–water partition coefficient (Wildman–Crippen LogP) is 6.42. The van der Waals surface area contributed by atoms with Gasteiger partial charge in [0.2, 0.25) is 0 Å². The molecule has 1 N–H and O–H groups in total. The summed E-state index contributed by atoms with van der Waals surface area (Å²) in [5, 5.41) is 3.27. The van der Waals surface area contributed by atoms with Crippen LogP contribution in [0.2, 0.25) is 0 Å². The van der Waals surface area contributed by atoms with Gasteiger partial charge in [0.15, 0.2) is 0 Å².